The van der Waals surface area contributed by atoms with Gasteiger partial charge in [0, 0.05) is 20.0 Å². The maximum Gasteiger partial charge on any atom is 0.239 e. The smallest absolute Gasteiger partial charge is 0.239 e. The molecule has 0 aliphatic carbocycles. The van der Waals surface area contributed by atoms with Gasteiger partial charge in [-0.3, -0.25) is 9.59 Å². The predicted octanol–water partition coefficient (Wildman–Crippen LogP) is 2.84. The Morgan fingerprint density at radius 1 is 1.08 bits per heavy atom. The number of carbonyl (C=O) groups excluding carboxylic acids is 2. The highest BCUT2D eigenvalue weighted by molar-refractivity contribution is 5.83. The first kappa shape index (κ1) is 18.6. The van der Waals surface area contributed by atoms with Crippen LogP contribution in [0.2, 0.25) is 0 Å². The van der Waals surface area contributed by atoms with Crippen molar-refractivity contribution >= 4 is 11.8 Å². The fraction of sp³-hybridized carbons (Fsp3) is 0.300. The minimum absolute atomic E-state index is 0.0162. The average molecular weight is 342 g/mol. The van der Waals surface area contributed by atoms with E-state index in [4.69, 9.17) is 0 Å². The lowest BCUT2D eigenvalue weighted by molar-refractivity contribution is -0.134. The zero-order valence-corrected chi connectivity index (χ0v) is 14.6. The van der Waals surface area contributed by atoms with Gasteiger partial charge in [-0.15, -0.1) is 0 Å². The van der Waals surface area contributed by atoms with E-state index in [-0.39, 0.29) is 24.2 Å². The number of aryl methyl sites for hydroxylation is 1. The average Bonchev–Trinajstić information content (AvgIpc) is 2.58. The van der Waals surface area contributed by atoms with Crippen molar-refractivity contribution in [2.45, 2.75) is 26.8 Å². The van der Waals surface area contributed by atoms with Gasteiger partial charge < -0.3 is 10.2 Å². The molecule has 2 aromatic carbocycles. The van der Waals surface area contributed by atoms with Crippen molar-refractivity contribution in [2.75, 3.05) is 13.1 Å². The van der Waals surface area contributed by atoms with Gasteiger partial charge in [-0.2, -0.15) is 0 Å². The summed E-state index contributed by atoms with van der Waals surface area (Å²) in [7, 11) is 0. The van der Waals surface area contributed by atoms with Crippen LogP contribution in [0.1, 0.15) is 23.6 Å². The van der Waals surface area contributed by atoms with Crippen molar-refractivity contribution in [3.8, 4) is 0 Å². The second-order valence-electron chi connectivity index (χ2n) is 6.08. The first-order valence-electron chi connectivity index (χ1n) is 8.26. The monoisotopic (exact) mass is 342 g/mol. The number of amides is 2. The molecule has 0 aliphatic heterocycles. The summed E-state index contributed by atoms with van der Waals surface area (Å²) in [6.45, 7) is 4.31. The van der Waals surface area contributed by atoms with E-state index in [1.54, 1.807) is 12.1 Å². The van der Waals surface area contributed by atoms with Crippen molar-refractivity contribution in [1.29, 1.82) is 0 Å². The number of benzene rings is 2. The zero-order valence-electron chi connectivity index (χ0n) is 14.6. The number of hydrogen-bond donors (Lipinski definition) is 1. The minimum atomic E-state index is -0.289. The van der Waals surface area contributed by atoms with Crippen molar-refractivity contribution in [3.63, 3.8) is 0 Å². The summed E-state index contributed by atoms with van der Waals surface area (Å²) in [6, 6.07) is 14.1. The molecule has 4 nitrogen and oxygen atoms in total. The standard InChI is InChI=1S/C20H23FN2O2/c1-15-4-3-5-18(12-15)13-22-20(25)14-23(16(2)24)11-10-17-6-8-19(21)9-7-17/h3-9,12H,10-11,13-14H2,1-2H3,(H,22,25). The fourth-order valence-electron chi connectivity index (χ4n) is 2.51. The fourth-order valence-corrected chi connectivity index (χ4v) is 2.51. The van der Waals surface area contributed by atoms with Gasteiger partial charge in [0.2, 0.25) is 11.8 Å². The Morgan fingerprint density at radius 3 is 2.44 bits per heavy atom. The van der Waals surface area contributed by atoms with Crippen LogP contribution in [0.15, 0.2) is 48.5 Å². The minimum Gasteiger partial charge on any atom is -0.350 e. The van der Waals surface area contributed by atoms with Gasteiger partial charge in [0.15, 0.2) is 0 Å². The van der Waals surface area contributed by atoms with Crippen molar-refractivity contribution in [1.82, 2.24) is 10.2 Å². The molecular weight excluding hydrogens is 319 g/mol. The Labute approximate surface area is 147 Å². The highest BCUT2D eigenvalue weighted by Crippen LogP contribution is 2.06. The Balaban J connectivity index is 1.84. The van der Waals surface area contributed by atoms with Crippen LogP contribution < -0.4 is 5.32 Å². The maximum absolute atomic E-state index is 12.9. The number of nitrogens with zero attached hydrogens (tertiary/aromatic N) is 1. The van der Waals surface area contributed by atoms with E-state index < -0.39 is 0 Å². The van der Waals surface area contributed by atoms with E-state index in [1.165, 1.54) is 24.0 Å². The molecule has 0 aliphatic rings. The second kappa shape index (κ2) is 8.97. The van der Waals surface area contributed by atoms with Crippen LogP contribution in [0.5, 0.6) is 0 Å². The molecule has 2 amide bonds. The molecule has 0 fully saturated rings. The summed E-state index contributed by atoms with van der Waals surface area (Å²) in [5.74, 6) is -0.647. The SMILES string of the molecule is CC(=O)N(CCc1ccc(F)cc1)CC(=O)NCc1cccc(C)c1. The molecule has 0 radical (unpaired) electrons. The Bertz CT molecular complexity index is 729. The van der Waals surface area contributed by atoms with E-state index >= 15 is 0 Å². The molecule has 2 aromatic rings. The highest BCUT2D eigenvalue weighted by atomic mass is 19.1. The molecule has 0 spiro atoms. The lowest BCUT2D eigenvalue weighted by atomic mass is 10.1. The van der Waals surface area contributed by atoms with Gasteiger partial charge in [0.25, 0.3) is 0 Å². The molecular formula is C20H23FN2O2. The van der Waals surface area contributed by atoms with Crippen LogP contribution >= 0.6 is 0 Å². The lowest BCUT2D eigenvalue weighted by Crippen LogP contribution is -2.40. The second-order valence-corrected chi connectivity index (χ2v) is 6.08. The van der Waals surface area contributed by atoms with E-state index in [0.717, 1.165) is 16.7 Å². The first-order chi connectivity index (χ1) is 11.9. The number of hydrogen-bond acceptors (Lipinski definition) is 2. The van der Waals surface area contributed by atoms with Crippen LogP contribution in [-0.4, -0.2) is 29.8 Å². The number of rotatable bonds is 7. The normalized spacial score (nSPS) is 10.4. The molecule has 0 saturated carbocycles. The third kappa shape index (κ3) is 6.37. The van der Waals surface area contributed by atoms with E-state index in [0.29, 0.717) is 19.5 Å². The van der Waals surface area contributed by atoms with Gasteiger partial charge >= 0.3 is 0 Å². The summed E-state index contributed by atoms with van der Waals surface area (Å²) in [4.78, 5) is 25.4. The van der Waals surface area contributed by atoms with Crippen LogP contribution in [-0.2, 0) is 22.6 Å². The Hall–Kier alpha value is -2.69. The molecule has 5 heteroatoms. The molecule has 25 heavy (non-hydrogen) atoms. The third-order valence-corrected chi connectivity index (χ3v) is 3.94. The number of carbonyl (C=O) groups is 2. The summed E-state index contributed by atoms with van der Waals surface area (Å²) >= 11 is 0. The number of nitrogens with one attached hydrogen (secondary N) is 1. The molecule has 0 bridgehead atoms. The molecule has 0 atom stereocenters. The van der Waals surface area contributed by atoms with Gasteiger partial charge in [0.1, 0.15) is 5.82 Å². The quantitative estimate of drug-likeness (QED) is 0.841. The molecule has 0 heterocycles. The number of halogens is 1. The van der Waals surface area contributed by atoms with Crippen LogP contribution in [0.25, 0.3) is 0 Å². The molecule has 1 N–H and O–H groups in total. The van der Waals surface area contributed by atoms with Crippen molar-refractivity contribution < 1.29 is 14.0 Å². The predicted molar refractivity (Wildman–Crippen MR) is 95.4 cm³/mol. The van der Waals surface area contributed by atoms with E-state index in [2.05, 4.69) is 5.32 Å². The van der Waals surface area contributed by atoms with Gasteiger partial charge in [-0.05, 0) is 36.6 Å². The van der Waals surface area contributed by atoms with Crippen molar-refractivity contribution in [2.24, 2.45) is 0 Å². The summed E-state index contributed by atoms with van der Waals surface area (Å²) in [6.07, 6.45) is 0.574. The molecule has 0 unspecified atom stereocenters. The highest BCUT2D eigenvalue weighted by Gasteiger charge is 2.13. The molecule has 0 saturated heterocycles. The summed E-state index contributed by atoms with van der Waals surface area (Å²) in [5.41, 5.74) is 3.08. The molecule has 0 aromatic heterocycles. The summed E-state index contributed by atoms with van der Waals surface area (Å²) < 4.78 is 12.9. The topological polar surface area (TPSA) is 49.4 Å². The summed E-state index contributed by atoms with van der Waals surface area (Å²) in [5, 5.41) is 2.83. The largest absolute Gasteiger partial charge is 0.350 e. The maximum atomic E-state index is 12.9. The first-order valence-corrected chi connectivity index (χ1v) is 8.26. The Kier molecular flexibility index (Phi) is 6.69. The van der Waals surface area contributed by atoms with Gasteiger partial charge in [-0.25, -0.2) is 4.39 Å². The molecule has 132 valence electrons. The van der Waals surface area contributed by atoms with Crippen LogP contribution in [0.3, 0.4) is 0 Å². The third-order valence-electron chi connectivity index (χ3n) is 3.94. The zero-order chi connectivity index (χ0) is 18.2. The van der Waals surface area contributed by atoms with Crippen molar-refractivity contribution in [3.05, 3.63) is 71.0 Å². The van der Waals surface area contributed by atoms with Crippen LogP contribution in [0, 0.1) is 12.7 Å². The molecule has 2 rings (SSSR count). The van der Waals surface area contributed by atoms with Crippen LogP contribution in [0.4, 0.5) is 4.39 Å². The lowest BCUT2D eigenvalue weighted by Gasteiger charge is -2.20. The van der Waals surface area contributed by atoms with E-state index in [1.807, 2.05) is 31.2 Å². The van der Waals surface area contributed by atoms with Gasteiger partial charge in [-0.1, -0.05) is 42.0 Å². The Morgan fingerprint density at radius 2 is 1.80 bits per heavy atom. The van der Waals surface area contributed by atoms with E-state index in [9.17, 15) is 14.0 Å². The van der Waals surface area contributed by atoms with Gasteiger partial charge in [0.05, 0.1) is 6.54 Å².